The van der Waals surface area contributed by atoms with E-state index in [9.17, 15) is 4.79 Å². The van der Waals surface area contributed by atoms with Crippen LogP contribution in [0.1, 0.15) is 30.9 Å². The van der Waals surface area contributed by atoms with E-state index in [0.717, 1.165) is 57.8 Å². The fraction of sp³-hybridized carbons (Fsp3) is 0.611. The van der Waals surface area contributed by atoms with Gasteiger partial charge in [-0.1, -0.05) is 30.3 Å². The fourth-order valence-electron chi connectivity index (χ4n) is 3.56. The Morgan fingerprint density at radius 2 is 1.96 bits per heavy atom. The Bertz CT molecular complexity index is 502. The lowest BCUT2D eigenvalue weighted by atomic mass is 10.0. The minimum absolute atomic E-state index is 0.192. The minimum Gasteiger partial charge on any atom is -0.379 e. The number of benzene rings is 1. The molecule has 1 amide bonds. The SMILES string of the molecule is NC(CC(=O)N1CCCC1CN1CCOCC1)c1ccccc1. The average molecular weight is 317 g/mol. The van der Waals surface area contributed by atoms with E-state index in [2.05, 4.69) is 9.80 Å². The summed E-state index contributed by atoms with van der Waals surface area (Å²) >= 11 is 0. The highest BCUT2D eigenvalue weighted by Crippen LogP contribution is 2.22. The molecule has 3 rings (SSSR count). The second-order valence-electron chi connectivity index (χ2n) is 6.52. The molecule has 0 radical (unpaired) electrons. The van der Waals surface area contributed by atoms with Crippen molar-refractivity contribution in [1.82, 2.24) is 9.80 Å². The molecule has 2 heterocycles. The molecule has 0 saturated carbocycles. The van der Waals surface area contributed by atoms with Gasteiger partial charge in [0.15, 0.2) is 0 Å². The first-order chi connectivity index (χ1) is 11.2. The van der Waals surface area contributed by atoms with Crippen molar-refractivity contribution in [3.63, 3.8) is 0 Å². The molecule has 0 aliphatic carbocycles. The molecule has 1 aromatic rings. The first-order valence-electron chi connectivity index (χ1n) is 8.64. The monoisotopic (exact) mass is 317 g/mol. The van der Waals surface area contributed by atoms with Crippen molar-refractivity contribution in [2.45, 2.75) is 31.3 Å². The highest BCUT2D eigenvalue weighted by Gasteiger charge is 2.31. The van der Waals surface area contributed by atoms with Gasteiger partial charge in [-0.3, -0.25) is 9.69 Å². The highest BCUT2D eigenvalue weighted by atomic mass is 16.5. The molecular weight excluding hydrogens is 290 g/mol. The molecule has 0 spiro atoms. The number of nitrogens with two attached hydrogens (primary N) is 1. The highest BCUT2D eigenvalue weighted by molar-refractivity contribution is 5.77. The fourth-order valence-corrected chi connectivity index (χ4v) is 3.56. The Hall–Kier alpha value is -1.43. The third-order valence-electron chi connectivity index (χ3n) is 4.89. The van der Waals surface area contributed by atoms with Crippen molar-refractivity contribution in [2.75, 3.05) is 39.4 Å². The molecule has 0 bridgehead atoms. The van der Waals surface area contributed by atoms with Crippen LogP contribution in [0.5, 0.6) is 0 Å². The average Bonchev–Trinajstić information content (AvgIpc) is 3.05. The number of amides is 1. The summed E-state index contributed by atoms with van der Waals surface area (Å²) in [7, 11) is 0. The van der Waals surface area contributed by atoms with Crippen LogP contribution in [0.4, 0.5) is 0 Å². The molecule has 2 atom stereocenters. The minimum atomic E-state index is -0.215. The summed E-state index contributed by atoms with van der Waals surface area (Å²) in [4.78, 5) is 17.2. The van der Waals surface area contributed by atoms with Crippen LogP contribution in [0.2, 0.25) is 0 Å². The van der Waals surface area contributed by atoms with Crippen LogP contribution in [-0.2, 0) is 9.53 Å². The Morgan fingerprint density at radius 3 is 2.70 bits per heavy atom. The van der Waals surface area contributed by atoms with Crippen molar-refractivity contribution in [1.29, 1.82) is 0 Å². The Balaban J connectivity index is 1.55. The van der Waals surface area contributed by atoms with Crippen molar-refractivity contribution >= 4 is 5.91 Å². The molecular formula is C18H27N3O2. The van der Waals surface area contributed by atoms with E-state index >= 15 is 0 Å². The smallest absolute Gasteiger partial charge is 0.224 e. The van der Waals surface area contributed by atoms with E-state index in [4.69, 9.17) is 10.5 Å². The third kappa shape index (κ3) is 4.31. The Labute approximate surface area is 138 Å². The van der Waals surface area contributed by atoms with Gasteiger partial charge in [0.1, 0.15) is 0 Å². The predicted octanol–water partition coefficient (Wildman–Crippen LogP) is 1.40. The van der Waals surface area contributed by atoms with Crippen LogP contribution in [0, 0.1) is 0 Å². The Morgan fingerprint density at radius 1 is 1.22 bits per heavy atom. The van der Waals surface area contributed by atoms with Crippen LogP contribution < -0.4 is 5.73 Å². The quantitative estimate of drug-likeness (QED) is 0.892. The first kappa shape index (κ1) is 16.4. The molecule has 2 aliphatic rings. The van der Waals surface area contributed by atoms with E-state index in [-0.39, 0.29) is 11.9 Å². The van der Waals surface area contributed by atoms with Gasteiger partial charge in [0, 0.05) is 44.7 Å². The van der Waals surface area contributed by atoms with Crippen molar-refractivity contribution in [2.24, 2.45) is 5.73 Å². The van der Waals surface area contributed by atoms with Crippen molar-refractivity contribution in [3.05, 3.63) is 35.9 Å². The van der Waals surface area contributed by atoms with Gasteiger partial charge < -0.3 is 15.4 Å². The number of rotatable bonds is 5. The summed E-state index contributed by atoms with van der Waals surface area (Å²) in [5, 5.41) is 0. The molecule has 0 aromatic heterocycles. The van der Waals surface area contributed by atoms with Crippen LogP contribution in [0.25, 0.3) is 0 Å². The third-order valence-corrected chi connectivity index (χ3v) is 4.89. The van der Waals surface area contributed by atoms with Gasteiger partial charge in [0.05, 0.1) is 13.2 Å². The number of nitrogens with zero attached hydrogens (tertiary/aromatic N) is 2. The Kier molecular flexibility index (Phi) is 5.65. The molecule has 2 N–H and O–H groups in total. The summed E-state index contributed by atoms with van der Waals surface area (Å²) in [6, 6.07) is 10.0. The van der Waals surface area contributed by atoms with Gasteiger partial charge in [-0.05, 0) is 18.4 Å². The molecule has 2 aliphatic heterocycles. The zero-order valence-electron chi connectivity index (χ0n) is 13.7. The number of carbonyl (C=O) groups is 1. The van der Waals surface area contributed by atoms with Crippen molar-refractivity contribution < 1.29 is 9.53 Å². The largest absolute Gasteiger partial charge is 0.379 e. The van der Waals surface area contributed by atoms with Gasteiger partial charge in [-0.2, -0.15) is 0 Å². The van der Waals surface area contributed by atoms with Crippen LogP contribution in [0.15, 0.2) is 30.3 Å². The lowest BCUT2D eigenvalue weighted by Crippen LogP contribution is -2.47. The lowest BCUT2D eigenvalue weighted by molar-refractivity contribution is -0.132. The molecule has 2 unspecified atom stereocenters. The molecule has 126 valence electrons. The summed E-state index contributed by atoms with van der Waals surface area (Å²) in [6.07, 6.45) is 2.59. The van der Waals surface area contributed by atoms with E-state index in [1.807, 2.05) is 30.3 Å². The second-order valence-corrected chi connectivity index (χ2v) is 6.52. The van der Waals surface area contributed by atoms with Gasteiger partial charge >= 0.3 is 0 Å². The zero-order valence-corrected chi connectivity index (χ0v) is 13.7. The molecule has 1 aromatic carbocycles. The number of morpholine rings is 1. The summed E-state index contributed by atoms with van der Waals surface area (Å²) in [6.45, 7) is 5.40. The number of carbonyl (C=O) groups excluding carboxylic acids is 1. The van der Waals surface area contributed by atoms with Gasteiger partial charge in [-0.15, -0.1) is 0 Å². The summed E-state index contributed by atoms with van der Waals surface area (Å²) in [5.41, 5.74) is 7.25. The van der Waals surface area contributed by atoms with Crippen LogP contribution >= 0.6 is 0 Å². The predicted molar refractivity (Wildman–Crippen MR) is 90.0 cm³/mol. The maximum absolute atomic E-state index is 12.7. The molecule has 2 fully saturated rings. The van der Waals surface area contributed by atoms with Crippen molar-refractivity contribution in [3.8, 4) is 0 Å². The van der Waals surface area contributed by atoms with Gasteiger partial charge in [0.2, 0.25) is 5.91 Å². The normalized spacial score (nSPS) is 23.9. The maximum Gasteiger partial charge on any atom is 0.224 e. The van der Waals surface area contributed by atoms with Crippen LogP contribution in [0.3, 0.4) is 0 Å². The standard InChI is InChI=1S/C18H27N3O2/c19-17(15-5-2-1-3-6-15)13-18(22)21-8-4-7-16(21)14-20-9-11-23-12-10-20/h1-3,5-6,16-17H,4,7-14,19H2. The topological polar surface area (TPSA) is 58.8 Å². The molecule has 5 nitrogen and oxygen atoms in total. The number of ether oxygens (including phenoxy) is 1. The summed E-state index contributed by atoms with van der Waals surface area (Å²) < 4.78 is 5.40. The summed E-state index contributed by atoms with van der Waals surface area (Å²) in [5.74, 6) is 0.192. The maximum atomic E-state index is 12.7. The van der Waals surface area contributed by atoms with Crippen LogP contribution in [-0.4, -0.2) is 61.1 Å². The van der Waals surface area contributed by atoms with E-state index < -0.39 is 0 Å². The molecule has 2 saturated heterocycles. The zero-order chi connectivity index (χ0) is 16.1. The molecule has 23 heavy (non-hydrogen) atoms. The number of likely N-dealkylation sites (tertiary alicyclic amines) is 1. The lowest BCUT2D eigenvalue weighted by Gasteiger charge is -2.33. The number of hydrogen-bond acceptors (Lipinski definition) is 4. The van der Waals surface area contributed by atoms with Gasteiger partial charge in [0.25, 0.3) is 0 Å². The number of hydrogen-bond donors (Lipinski definition) is 1. The second kappa shape index (κ2) is 7.90. The van der Waals surface area contributed by atoms with E-state index in [1.165, 1.54) is 0 Å². The van der Waals surface area contributed by atoms with E-state index in [0.29, 0.717) is 12.5 Å². The van der Waals surface area contributed by atoms with Gasteiger partial charge in [-0.25, -0.2) is 0 Å². The molecule has 5 heteroatoms. The van der Waals surface area contributed by atoms with E-state index in [1.54, 1.807) is 0 Å². The first-order valence-corrected chi connectivity index (χ1v) is 8.64.